The summed E-state index contributed by atoms with van der Waals surface area (Å²) in [4.78, 5) is 0. The Morgan fingerprint density at radius 3 is 2.93 bits per heavy atom. The van der Waals surface area contributed by atoms with Gasteiger partial charge in [-0.05, 0) is 35.0 Å². The molecule has 0 unspecified atom stereocenters. The second-order valence-corrected chi connectivity index (χ2v) is 4.13. The Kier molecular flexibility index (Phi) is 4.98. The lowest BCUT2D eigenvalue weighted by Gasteiger charge is -2.07. The zero-order valence-electron chi connectivity index (χ0n) is 8.39. The van der Waals surface area contributed by atoms with Crippen LogP contribution in [0.2, 0.25) is 0 Å². The molecule has 0 atom stereocenters. The third-order valence-corrected chi connectivity index (χ3v) is 2.73. The maximum absolute atomic E-state index is 9.67. The fourth-order valence-corrected chi connectivity index (χ4v) is 1.63. The van der Waals surface area contributed by atoms with Gasteiger partial charge in [-0.1, -0.05) is 25.5 Å². The van der Waals surface area contributed by atoms with Gasteiger partial charge in [0.05, 0.1) is 4.47 Å². The molecule has 14 heavy (non-hydrogen) atoms. The van der Waals surface area contributed by atoms with Gasteiger partial charge in [-0.3, -0.25) is 0 Å². The number of rotatable bonds is 5. The minimum atomic E-state index is 0.344. The molecule has 0 saturated heterocycles. The number of phenols is 1. The topological polar surface area (TPSA) is 32.3 Å². The van der Waals surface area contributed by atoms with Gasteiger partial charge in [0, 0.05) is 12.1 Å². The van der Waals surface area contributed by atoms with Gasteiger partial charge >= 0.3 is 0 Å². The van der Waals surface area contributed by atoms with Crippen molar-refractivity contribution >= 4 is 15.9 Å². The lowest BCUT2D eigenvalue weighted by molar-refractivity contribution is 0.460. The van der Waals surface area contributed by atoms with Crippen LogP contribution in [-0.2, 0) is 6.54 Å². The van der Waals surface area contributed by atoms with Gasteiger partial charge in [0.2, 0.25) is 0 Å². The Bertz CT molecular complexity index is 289. The van der Waals surface area contributed by atoms with E-state index in [9.17, 15) is 5.11 Å². The second-order valence-electron chi connectivity index (χ2n) is 3.28. The van der Waals surface area contributed by atoms with E-state index in [1.165, 1.54) is 12.8 Å². The standard InChI is InChI=1S/C11H16BrNO/c1-2-3-7-13-8-9-5-4-6-10(12)11(9)14/h4-6,13-14H,2-3,7-8H2,1H3. The summed E-state index contributed by atoms with van der Waals surface area (Å²) in [6.07, 6.45) is 2.37. The van der Waals surface area contributed by atoms with Crippen molar-refractivity contribution in [2.24, 2.45) is 0 Å². The average molecular weight is 258 g/mol. The van der Waals surface area contributed by atoms with E-state index in [1.54, 1.807) is 0 Å². The Hall–Kier alpha value is -0.540. The highest BCUT2D eigenvalue weighted by molar-refractivity contribution is 9.10. The number of para-hydroxylation sites is 1. The van der Waals surface area contributed by atoms with Crippen molar-refractivity contribution in [3.63, 3.8) is 0 Å². The minimum Gasteiger partial charge on any atom is -0.506 e. The van der Waals surface area contributed by atoms with Crippen LogP contribution in [0.5, 0.6) is 5.75 Å². The van der Waals surface area contributed by atoms with E-state index in [2.05, 4.69) is 28.2 Å². The van der Waals surface area contributed by atoms with Crippen LogP contribution in [0.4, 0.5) is 0 Å². The quantitative estimate of drug-likeness (QED) is 0.795. The van der Waals surface area contributed by atoms with Crippen LogP contribution in [0, 0.1) is 0 Å². The number of hydrogen-bond acceptors (Lipinski definition) is 2. The Morgan fingerprint density at radius 2 is 2.21 bits per heavy atom. The first-order valence-corrected chi connectivity index (χ1v) is 5.72. The maximum Gasteiger partial charge on any atom is 0.134 e. The molecule has 1 aromatic rings. The molecule has 0 fully saturated rings. The number of aromatic hydroxyl groups is 1. The summed E-state index contributed by atoms with van der Waals surface area (Å²) in [5.41, 5.74) is 0.940. The van der Waals surface area contributed by atoms with Gasteiger partial charge in [-0.25, -0.2) is 0 Å². The molecule has 0 aromatic heterocycles. The van der Waals surface area contributed by atoms with Gasteiger partial charge in [0.15, 0.2) is 0 Å². The maximum atomic E-state index is 9.67. The summed E-state index contributed by atoms with van der Waals surface area (Å²) in [6, 6.07) is 5.70. The van der Waals surface area contributed by atoms with E-state index in [1.807, 2.05) is 18.2 Å². The van der Waals surface area contributed by atoms with Crippen LogP contribution in [-0.4, -0.2) is 11.7 Å². The molecule has 78 valence electrons. The van der Waals surface area contributed by atoms with Crippen molar-refractivity contribution < 1.29 is 5.11 Å². The van der Waals surface area contributed by atoms with E-state index >= 15 is 0 Å². The third kappa shape index (κ3) is 3.31. The van der Waals surface area contributed by atoms with E-state index in [-0.39, 0.29) is 0 Å². The zero-order valence-corrected chi connectivity index (χ0v) is 9.97. The molecule has 0 aliphatic carbocycles. The zero-order chi connectivity index (χ0) is 10.4. The number of nitrogens with one attached hydrogen (secondary N) is 1. The predicted molar refractivity (Wildman–Crippen MR) is 62.4 cm³/mol. The van der Waals surface area contributed by atoms with Gasteiger partial charge < -0.3 is 10.4 Å². The monoisotopic (exact) mass is 257 g/mol. The Labute approximate surface area is 93.5 Å². The summed E-state index contributed by atoms with van der Waals surface area (Å²) in [6.45, 7) is 3.89. The predicted octanol–water partition coefficient (Wildman–Crippen LogP) is 3.04. The fourth-order valence-electron chi connectivity index (χ4n) is 1.23. The van der Waals surface area contributed by atoms with E-state index in [4.69, 9.17) is 0 Å². The van der Waals surface area contributed by atoms with Crippen LogP contribution >= 0.6 is 15.9 Å². The molecule has 2 N–H and O–H groups in total. The van der Waals surface area contributed by atoms with Crippen molar-refractivity contribution in [3.8, 4) is 5.75 Å². The van der Waals surface area contributed by atoms with E-state index in [0.717, 1.165) is 23.1 Å². The first kappa shape index (κ1) is 11.5. The van der Waals surface area contributed by atoms with Crippen molar-refractivity contribution in [3.05, 3.63) is 28.2 Å². The number of unbranched alkanes of at least 4 members (excludes halogenated alkanes) is 1. The van der Waals surface area contributed by atoms with Crippen LogP contribution in [0.25, 0.3) is 0 Å². The number of benzene rings is 1. The summed E-state index contributed by atoms with van der Waals surface area (Å²) < 4.78 is 0.757. The largest absolute Gasteiger partial charge is 0.506 e. The Morgan fingerprint density at radius 1 is 1.43 bits per heavy atom. The van der Waals surface area contributed by atoms with Gasteiger partial charge in [0.25, 0.3) is 0 Å². The minimum absolute atomic E-state index is 0.344. The molecule has 3 heteroatoms. The van der Waals surface area contributed by atoms with E-state index in [0.29, 0.717) is 5.75 Å². The summed E-state index contributed by atoms with van der Waals surface area (Å²) in [7, 11) is 0. The molecule has 0 saturated carbocycles. The molecule has 0 radical (unpaired) electrons. The molecule has 2 nitrogen and oxygen atoms in total. The smallest absolute Gasteiger partial charge is 0.134 e. The summed E-state index contributed by atoms with van der Waals surface area (Å²) in [5, 5.41) is 13.0. The van der Waals surface area contributed by atoms with Gasteiger partial charge in [-0.15, -0.1) is 0 Å². The molecule has 0 heterocycles. The molecular formula is C11H16BrNO. The first-order valence-electron chi connectivity index (χ1n) is 4.92. The second kappa shape index (κ2) is 6.04. The van der Waals surface area contributed by atoms with Crippen molar-refractivity contribution in [1.82, 2.24) is 5.32 Å². The highest BCUT2D eigenvalue weighted by atomic mass is 79.9. The first-order chi connectivity index (χ1) is 6.75. The van der Waals surface area contributed by atoms with Crippen molar-refractivity contribution in [1.29, 1.82) is 0 Å². The number of hydrogen-bond donors (Lipinski definition) is 2. The highest BCUT2D eigenvalue weighted by Crippen LogP contribution is 2.26. The van der Waals surface area contributed by atoms with E-state index < -0.39 is 0 Å². The number of phenolic OH excluding ortho intramolecular Hbond substituents is 1. The number of halogens is 1. The molecule has 1 aromatic carbocycles. The van der Waals surface area contributed by atoms with Crippen molar-refractivity contribution in [2.75, 3.05) is 6.54 Å². The highest BCUT2D eigenvalue weighted by Gasteiger charge is 2.03. The van der Waals surface area contributed by atoms with Crippen molar-refractivity contribution in [2.45, 2.75) is 26.3 Å². The normalized spacial score (nSPS) is 10.4. The lowest BCUT2D eigenvalue weighted by Crippen LogP contribution is -2.14. The van der Waals surface area contributed by atoms with Crippen LogP contribution in [0.3, 0.4) is 0 Å². The van der Waals surface area contributed by atoms with Crippen LogP contribution in [0.15, 0.2) is 22.7 Å². The molecule has 0 amide bonds. The lowest BCUT2D eigenvalue weighted by atomic mass is 10.2. The van der Waals surface area contributed by atoms with Crippen LogP contribution in [0.1, 0.15) is 25.3 Å². The van der Waals surface area contributed by atoms with Crippen LogP contribution < -0.4 is 5.32 Å². The molecule has 0 aliphatic rings. The van der Waals surface area contributed by atoms with Gasteiger partial charge in [-0.2, -0.15) is 0 Å². The SMILES string of the molecule is CCCCNCc1cccc(Br)c1O. The molecule has 0 aliphatic heterocycles. The molecule has 0 spiro atoms. The fraction of sp³-hybridized carbons (Fsp3) is 0.455. The molecule has 0 bridgehead atoms. The summed E-state index contributed by atoms with van der Waals surface area (Å²) >= 11 is 3.29. The summed E-state index contributed by atoms with van der Waals surface area (Å²) in [5.74, 6) is 0.344. The molecular weight excluding hydrogens is 242 g/mol. The van der Waals surface area contributed by atoms with Gasteiger partial charge in [0.1, 0.15) is 5.75 Å². The molecule has 1 rings (SSSR count). The average Bonchev–Trinajstić information content (AvgIpc) is 2.19. The third-order valence-electron chi connectivity index (χ3n) is 2.09. The Balaban J connectivity index is 2.46.